The minimum atomic E-state index is -1.24. The Labute approximate surface area is 119 Å². The molecule has 0 aliphatic carbocycles. The van der Waals surface area contributed by atoms with E-state index in [1.54, 1.807) is 13.0 Å². The number of aliphatic hydroxyl groups is 2. The Morgan fingerprint density at radius 2 is 2.38 bits per heavy atom. The van der Waals surface area contributed by atoms with Crippen LogP contribution >= 0.6 is 0 Å². The largest absolute Gasteiger partial charge is 0.394 e. The summed E-state index contributed by atoms with van der Waals surface area (Å²) in [5, 5.41) is 27.8. The maximum absolute atomic E-state index is 12.0. The number of nitrogens with one attached hydrogen (secondary N) is 1. The third-order valence-electron chi connectivity index (χ3n) is 3.51. The Balaban J connectivity index is 2.55. The summed E-state index contributed by atoms with van der Waals surface area (Å²) >= 11 is 0. The third kappa shape index (κ3) is 2.54. The van der Waals surface area contributed by atoms with Gasteiger partial charge >= 0.3 is 5.69 Å². The normalized spacial score (nSPS) is 28.3. The van der Waals surface area contributed by atoms with Gasteiger partial charge in [-0.1, -0.05) is 6.58 Å². The van der Waals surface area contributed by atoms with Crippen molar-refractivity contribution in [3.63, 3.8) is 0 Å². The number of aromatic amines is 1. The minimum absolute atomic E-state index is 0.0520. The van der Waals surface area contributed by atoms with E-state index in [1.807, 2.05) is 0 Å². The van der Waals surface area contributed by atoms with Gasteiger partial charge in [0.05, 0.1) is 29.9 Å². The number of aromatic nitrogens is 2. The van der Waals surface area contributed by atoms with Crippen molar-refractivity contribution in [2.45, 2.75) is 31.3 Å². The topological polar surface area (TPSA) is 128 Å². The number of H-pyrrole nitrogens is 1. The van der Waals surface area contributed by atoms with E-state index in [0.717, 1.165) is 4.57 Å². The van der Waals surface area contributed by atoms with E-state index in [0.29, 0.717) is 0 Å². The van der Waals surface area contributed by atoms with Crippen molar-refractivity contribution in [1.29, 1.82) is 5.26 Å². The lowest BCUT2D eigenvalue weighted by Gasteiger charge is -2.26. The van der Waals surface area contributed by atoms with Crippen LogP contribution in [-0.4, -0.2) is 38.6 Å². The molecular weight excluding hydrogens is 278 g/mol. The number of ether oxygens (including phenoxy) is 1. The van der Waals surface area contributed by atoms with Gasteiger partial charge in [0.25, 0.3) is 5.56 Å². The second-order valence-electron chi connectivity index (χ2n) is 5.05. The zero-order chi connectivity index (χ0) is 15.8. The van der Waals surface area contributed by atoms with E-state index < -0.39 is 35.8 Å². The van der Waals surface area contributed by atoms with Gasteiger partial charge in [-0.3, -0.25) is 14.3 Å². The minimum Gasteiger partial charge on any atom is -0.394 e. The summed E-state index contributed by atoms with van der Waals surface area (Å²) in [6.45, 7) is 4.59. The number of aliphatic hydroxyl groups excluding tert-OH is 2. The molecule has 8 heteroatoms. The molecule has 1 fully saturated rings. The summed E-state index contributed by atoms with van der Waals surface area (Å²) in [5.41, 5.74) is -2.83. The maximum atomic E-state index is 12.0. The highest BCUT2D eigenvalue weighted by Crippen LogP contribution is 2.33. The summed E-state index contributed by atoms with van der Waals surface area (Å²) in [4.78, 5) is 25.7. The highest BCUT2D eigenvalue weighted by atomic mass is 16.6. The second-order valence-corrected chi connectivity index (χ2v) is 5.05. The van der Waals surface area contributed by atoms with Gasteiger partial charge in [0, 0.05) is 12.6 Å². The van der Waals surface area contributed by atoms with Gasteiger partial charge in [0.15, 0.2) is 0 Å². The van der Waals surface area contributed by atoms with Crippen LogP contribution in [0.1, 0.15) is 18.9 Å². The first-order valence-electron chi connectivity index (χ1n) is 6.25. The van der Waals surface area contributed by atoms with Gasteiger partial charge in [-0.25, -0.2) is 4.79 Å². The van der Waals surface area contributed by atoms with Crippen LogP contribution in [0.4, 0.5) is 0 Å². The summed E-state index contributed by atoms with van der Waals surface area (Å²) in [7, 11) is 0. The molecular formula is C13H15N3O5. The number of nitrogens with zero attached hydrogens (tertiary/aromatic N) is 2. The number of rotatable bonds is 3. The van der Waals surface area contributed by atoms with Crippen LogP contribution in [0, 0.1) is 11.3 Å². The lowest BCUT2D eigenvalue weighted by atomic mass is 10.1. The Morgan fingerprint density at radius 3 is 2.90 bits per heavy atom. The fourth-order valence-corrected chi connectivity index (χ4v) is 2.38. The van der Waals surface area contributed by atoms with Crippen LogP contribution in [0.15, 0.2) is 22.4 Å². The van der Waals surface area contributed by atoms with E-state index in [2.05, 4.69) is 11.6 Å². The number of hydrogen-bond donors (Lipinski definition) is 3. The molecule has 1 aliphatic rings. The van der Waals surface area contributed by atoms with E-state index in [4.69, 9.17) is 15.1 Å². The van der Waals surface area contributed by atoms with E-state index in [1.165, 1.54) is 6.20 Å². The first-order chi connectivity index (χ1) is 9.82. The van der Waals surface area contributed by atoms with Crippen LogP contribution in [0.5, 0.6) is 0 Å². The predicted octanol–water partition coefficient (Wildman–Crippen LogP) is -1.11. The van der Waals surface area contributed by atoms with Gasteiger partial charge in [0.1, 0.15) is 11.8 Å². The van der Waals surface area contributed by atoms with Crippen molar-refractivity contribution in [3.05, 3.63) is 39.2 Å². The van der Waals surface area contributed by atoms with Gasteiger partial charge in [-0.2, -0.15) is 5.26 Å². The Bertz CT molecular complexity index is 729. The molecule has 0 spiro atoms. The van der Waals surface area contributed by atoms with E-state index >= 15 is 0 Å². The molecule has 112 valence electrons. The molecule has 0 amide bonds. The van der Waals surface area contributed by atoms with Gasteiger partial charge in [-0.15, -0.1) is 0 Å². The maximum Gasteiger partial charge on any atom is 0.330 e. The molecule has 8 nitrogen and oxygen atoms in total. The summed E-state index contributed by atoms with van der Waals surface area (Å²) < 4.78 is 6.60. The highest BCUT2D eigenvalue weighted by molar-refractivity contribution is 5.73. The molecule has 1 saturated heterocycles. The molecule has 3 atom stereocenters. The summed E-state index contributed by atoms with van der Waals surface area (Å²) in [6.07, 6.45) is -0.528. The van der Waals surface area contributed by atoms with Crippen LogP contribution in [-0.2, 0) is 10.5 Å². The Morgan fingerprint density at radius 1 is 1.71 bits per heavy atom. The molecule has 0 saturated carbocycles. The van der Waals surface area contributed by atoms with Crippen molar-refractivity contribution in [1.82, 2.24) is 9.55 Å². The summed E-state index contributed by atoms with van der Waals surface area (Å²) in [6, 6.07) is 1.74. The zero-order valence-corrected chi connectivity index (χ0v) is 11.4. The van der Waals surface area contributed by atoms with Crippen LogP contribution in [0.2, 0.25) is 0 Å². The molecule has 0 aromatic carbocycles. The SMILES string of the molecule is C=C(C#N)c1cn([C@@]2(C)C[C@H](O)[C@@H](CO)O2)c(=O)[nH]c1=O. The Kier molecular flexibility index (Phi) is 3.82. The van der Waals surface area contributed by atoms with Crippen LogP contribution in [0.3, 0.4) is 0 Å². The molecule has 3 N–H and O–H groups in total. The van der Waals surface area contributed by atoms with Crippen molar-refractivity contribution < 1.29 is 14.9 Å². The lowest BCUT2D eigenvalue weighted by molar-refractivity contribution is -0.107. The van der Waals surface area contributed by atoms with Gasteiger partial charge < -0.3 is 14.9 Å². The predicted molar refractivity (Wildman–Crippen MR) is 72.2 cm³/mol. The number of hydrogen-bond acceptors (Lipinski definition) is 6. The molecule has 1 aliphatic heterocycles. The number of allylic oxidation sites excluding steroid dienone is 1. The van der Waals surface area contributed by atoms with Gasteiger partial charge in [-0.05, 0) is 6.92 Å². The molecule has 0 radical (unpaired) electrons. The van der Waals surface area contributed by atoms with Crippen LogP contribution in [0.25, 0.3) is 5.57 Å². The smallest absolute Gasteiger partial charge is 0.330 e. The van der Waals surface area contributed by atoms with E-state index in [9.17, 15) is 14.7 Å². The van der Waals surface area contributed by atoms with Crippen molar-refractivity contribution >= 4 is 5.57 Å². The number of nitriles is 1. The van der Waals surface area contributed by atoms with E-state index in [-0.39, 0.29) is 17.6 Å². The molecule has 0 bridgehead atoms. The standard InChI is InChI=1S/C13H15N3O5/c1-7(4-14)8-5-16(12(20)15-11(8)19)13(2)3-9(18)10(6-17)21-13/h5,9-10,17-18H,1,3,6H2,2H3,(H,15,19,20)/t9-,10+,13+/m0/s1. The first-order valence-corrected chi connectivity index (χ1v) is 6.25. The second kappa shape index (κ2) is 5.29. The van der Waals surface area contributed by atoms with Crippen molar-refractivity contribution in [2.24, 2.45) is 0 Å². The zero-order valence-electron chi connectivity index (χ0n) is 11.4. The molecule has 2 heterocycles. The molecule has 1 aromatic rings. The van der Waals surface area contributed by atoms with Crippen molar-refractivity contribution in [3.8, 4) is 6.07 Å². The first kappa shape index (κ1) is 15.2. The lowest BCUT2D eigenvalue weighted by Crippen LogP contribution is -2.43. The van der Waals surface area contributed by atoms with Gasteiger partial charge in [0.2, 0.25) is 0 Å². The molecule has 0 unspecified atom stereocenters. The average Bonchev–Trinajstić information content (AvgIpc) is 2.73. The highest BCUT2D eigenvalue weighted by Gasteiger charge is 2.44. The average molecular weight is 293 g/mol. The summed E-state index contributed by atoms with van der Waals surface area (Å²) in [5.74, 6) is 0. The van der Waals surface area contributed by atoms with Crippen LogP contribution < -0.4 is 11.2 Å². The monoisotopic (exact) mass is 293 g/mol. The molecule has 1 aromatic heterocycles. The Hall–Kier alpha value is -2.21. The van der Waals surface area contributed by atoms with Crippen molar-refractivity contribution in [2.75, 3.05) is 6.61 Å². The molecule has 21 heavy (non-hydrogen) atoms. The quantitative estimate of drug-likeness (QED) is 0.606. The third-order valence-corrected chi connectivity index (χ3v) is 3.51. The molecule has 2 rings (SSSR count). The fourth-order valence-electron chi connectivity index (χ4n) is 2.38. The fraction of sp³-hybridized carbons (Fsp3) is 0.462.